The number of nitrogen functional groups attached to an aromatic ring is 1. The molecule has 2 aliphatic rings. The van der Waals surface area contributed by atoms with Gasteiger partial charge in [-0.05, 0) is 36.8 Å². The van der Waals surface area contributed by atoms with Gasteiger partial charge in [0.05, 0.1) is 17.9 Å². The Kier molecular flexibility index (Phi) is 4.62. The molecule has 5 rings (SSSR count). The Morgan fingerprint density at radius 1 is 1.20 bits per heavy atom. The van der Waals surface area contributed by atoms with Crippen molar-refractivity contribution in [3.8, 4) is 10.6 Å². The van der Waals surface area contributed by atoms with Crippen LogP contribution in [0.3, 0.4) is 0 Å². The Balaban J connectivity index is 1.39. The molecule has 0 radical (unpaired) electrons. The van der Waals surface area contributed by atoms with Gasteiger partial charge in [0.15, 0.2) is 0 Å². The molecule has 1 amide bonds. The fraction of sp³-hybridized carbons (Fsp3) is 0.286. The number of benzene rings is 1. The van der Waals surface area contributed by atoms with E-state index in [1.165, 1.54) is 23.5 Å². The second-order valence-corrected chi connectivity index (χ2v) is 8.44. The third-order valence-corrected chi connectivity index (χ3v) is 6.58. The van der Waals surface area contributed by atoms with E-state index in [9.17, 15) is 13.6 Å². The van der Waals surface area contributed by atoms with Crippen LogP contribution >= 0.6 is 11.3 Å². The zero-order chi connectivity index (χ0) is 20.8. The summed E-state index contributed by atoms with van der Waals surface area (Å²) in [6, 6.07) is 8.07. The number of rotatable bonds is 3. The molecule has 154 valence electrons. The lowest BCUT2D eigenvalue weighted by Gasteiger charge is -2.26. The van der Waals surface area contributed by atoms with Crippen LogP contribution in [0.25, 0.3) is 10.6 Å². The number of alkyl halides is 1. The van der Waals surface area contributed by atoms with E-state index in [1.807, 2.05) is 17.0 Å². The summed E-state index contributed by atoms with van der Waals surface area (Å²) in [7, 11) is 0. The number of thiazole rings is 1. The summed E-state index contributed by atoms with van der Waals surface area (Å²) in [4.78, 5) is 26.2. The van der Waals surface area contributed by atoms with Crippen LogP contribution in [0.5, 0.6) is 0 Å². The van der Waals surface area contributed by atoms with Crippen molar-refractivity contribution < 1.29 is 13.6 Å². The molecule has 2 aliphatic heterocycles. The highest BCUT2D eigenvalue weighted by Gasteiger charge is 2.30. The molecule has 1 saturated heterocycles. The van der Waals surface area contributed by atoms with Gasteiger partial charge in [-0.25, -0.2) is 18.7 Å². The van der Waals surface area contributed by atoms with Crippen molar-refractivity contribution in [2.45, 2.75) is 19.0 Å². The number of anilines is 3. The van der Waals surface area contributed by atoms with Crippen molar-refractivity contribution in [3.63, 3.8) is 0 Å². The molecule has 6 nitrogen and oxygen atoms in total. The quantitative estimate of drug-likeness (QED) is 0.646. The molecule has 3 aromatic rings. The molecule has 0 unspecified atom stereocenters. The summed E-state index contributed by atoms with van der Waals surface area (Å²) in [6.45, 7) is 1.49. The Labute approximate surface area is 176 Å². The third-order valence-electron chi connectivity index (χ3n) is 5.45. The molecular weight excluding hydrogens is 408 g/mol. The molecule has 9 heteroatoms. The van der Waals surface area contributed by atoms with Crippen molar-refractivity contribution in [2.24, 2.45) is 0 Å². The zero-order valence-corrected chi connectivity index (χ0v) is 16.8. The van der Waals surface area contributed by atoms with Crippen LogP contribution in [0.2, 0.25) is 0 Å². The number of nitrogens with zero attached hydrogens (tertiary/aromatic N) is 4. The number of halogens is 2. The van der Waals surface area contributed by atoms with Gasteiger partial charge in [-0.2, -0.15) is 0 Å². The van der Waals surface area contributed by atoms with E-state index in [4.69, 9.17) is 5.73 Å². The maximum atomic E-state index is 13.5. The topological polar surface area (TPSA) is 75.3 Å². The summed E-state index contributed by atoms with van der Waals surface area (Å²) in [6.07, 6.45) is 2.05. The normalized spacial score (nSPS) is 18.7. The van der Waals surface area contributed by atoms with Gasteiger partial charge in [0.25, 0.3) is 5.91 Å². The van der Waals surface area contributed by atoms with Gasteiger partial charge in [-0.1, -0.05) is 0 Å². The van der Waals surface area contributed by atoms with Gasteiger partial charge in [0, 0.05) is 37.0 Å². The van der Waals surface area contributed by atoms with Gasteiger partial charge < -0.3 is 15.5 Å². The van der Waals surface area contributed by atoms with Crippen LogP contribution < -0.4 is 15.5 Å². The van der Waals surface area contributed by atoms with Crippen LogP contribution in [0.1, 0.15) is 21.8 Å². The number of aromatic nitrogens is 2. The minimum Gasteiger partial charge on any atom is -0.396 e. The molecule has 4 heterocycles. The average molecular weight is 427 g/mol. The molecule has 2 aromatic heterocycles. The van der Waals surface area contributed by atoms with E-state index < -0.39 is 12.0 Å². The van der Waals surface area contributed by atoms with Crippen LogP contribution in [-0.4, -0.2) is 41.7 Å². The first-order valence-corrected chi connectivity index (χ1v) is 10.5. The first kappa shape index (κ1) is 18.9. The van der Waals surface area contributed by atoms with E-state index in [0.717, 1.165) is 22.1 Å². The molecule has 2 N–H and O–H groups in total. The van der Waals surface area contributed by atoms with E-state index in [0.29, 0.717) is 43.0 Å². The van der Waals surface area contributed by atoms with Crippen molar-refractivity contribution in [2.75, 3.05) is 35.2 Å². The summed E-state index contributed by atoms with van der Waals surface area (Å²) < 4.78 is 26.9. The van der Waals surface area contributed by atoms with Crippen molar-refractivity contribution in [1.82, 2.24) is 9.97 Å². The molecular formula is C21H19F2N5OS. The fourth-order valence-corrected chi connectivity index (χ4v) is 4.88. The molecule has 0 saturated carbocycles. The van der Waals surface area contributed by atoms with Crippen LogP contribution in [-0.2, 0) is 6.42 Å². The number of pyridine rings is 1. The number of hydrogen-bond donors (Lipinski definition) is 1. The lowest BCUT2D eigenvalue weighted by atomic mass is 10.1. The number of hydrogen-bond acceptors (Lipinski definition) is 6. The van der Waals surface area contributed by atoms with Gasteiger partial charge in [0.2, 0.25) is 0 Å². The molecule has 0 bridgehead atoms. The Bertz CT molecular complexity index is 1120. The summed E-state index contributed by atoms with van der Waals surface area (Å²) in [5, 5.41) is 0.720. The predicted molar refractivity (Wildman–Crippen MR) is 113 cm³/mol. The first-order chi connectivity index (χ1) is 14.5. The maximum absolute atomic E-state index is 13.5. The molecule has 30 heavy (non-hydrogen) atoms. The summed E-state index contributed by atoms with van der Waals surface area (Å²) >= 11 is 1.32. The fourth-order valence-electron chi connectivity index (χ4n) is 3.82. The number of carbonyl (C=O) groups excluding carboxylic acids is 1. The van der Waals surface area contributed by atoms with E-state index >= 15 is 0 Å². The molecule has 0 aliphatic carbocycles. The smallest absolute Gasteiger partial charge is 0.270 e. The van der Waals surface area contributed by atoms with E-state index in [-0.39, 0.29) is 11.6 Å². The highest BCUT2D eigenvalue weighted by molar-refractivity contribution is 7.17. The third kappa shape index (κ3) is 3.28. The summed E-state index contributed by atoms with van der Waals surface area (Å²) in [5.41, 5.74) is 7.82. The predicted octanol–water partition coefficient (Wildman–Crippen LogP) is 3.68. The Morgan fingerprint density at radius 3 is 2.77 bits per heavy atom. The minimum absolute atomic E-state index is 0.0133. The Hall–Kier alpha value is -3.07. The molecule has 1 aromatic carbocycles. The minimum atomic E-state index is -0.803. The number of carbonyl (C=O) groups is 1. The number of nitrogens with two attached hydrogens (primary N) is 1. The van der Waals surface area contributed by atoms with E-state index in [1.54, 1.807) is 17.2 Å². The lowest BCUT2D eigenvalue weighted by Crippen LogP contribution is -2.37. The molecule has 1 atom stereocenters. The first-order valence-electron chi connectivity index (χ1n) is 9.71. The monoisotopic (exact) mass is 427 g/mol. The van der Waals surface area contributed by atoms with Gasteiger partial charge in [0.1, 0.15) is 27.7 Å². The summed E-state index contributed by atoms with van der Waals surface area (Å²) in [5.74, 6) is 0.0777. The zero-order valence-electron chi connectivity index (χ0n) is 16.0. The van der Waals surface area contributed by atoms with Crippen molar-refractivity contribution in [1.29, 1.82) is 0 Å². The van der Waals surface area contributed by atoms with Gasteiger partial charge >= 0.3 is 0 Å². The van der Waals surface area contributed by atoms with Gasteiger partial charge in [-0.3, -0.25) is 4.79 Å². The average Bonchev–Trinajstić information content (AvgIpc) is 3.38. The van der Waals surface area contributed by atoms with Crippen LogP contribution in [0.4, 0.5) is 26.0 Å². The number of fused-ring (bicyclic) bond motifs is 1. The SMILES string of the molecule is Nc1cc(N2CCc3nc(-c4ccc(N5CC[C@H](F)C5)nc4)sc3C2=O)ccc1F. The van der Waals surface area contributed by atoms with Crippen LogP contribution in [0.15, 0.2) is 36.5 Å². The molecule has 1 fully saturated rings. The van der Waals surface area contributed by atoms with Crippen LogP contribution in [0, 0.1) is 5.82 Å². The second kappa shape index (κ2) is 7.32. The maximum Gasteiger partial charge on any atom is 0.270 e. The lowest BCUT2D eigenvalue weighted by molar-refractivity contribution is 0.0984. The largest absolute Gasteiger partial charge is 0.396 e. The highest BCUT2D eigenvalue weighted by atomic mass is 32.1. The second-order valence-electron chi connectivity index (χ2n) is 7.44. The van der Waals surface area contributed by atoms with Crippen molar-refractivity contribution in [3.05, 3.63) is 52.9 Å². The van der Waals surface area contributed by atoms with Crippen molar-refractivity contribution >= 4 is 34.4 Å². The standard InChI is InChI=1S/C21H19F2N5OS/c22-13-5-7-27(11-13)18-4-1-12(10-25-18)20-26-17-6-8-28(21(29)19(17)30-20)14-2-3-15(23)16(24)9-14/h1-4,9-10,13H,5-8,11,24H2/t13-/m0/s1. The highest BCUT2D eigenvalue weighted by Crippen LogP contribution is 2.34. The van der Waals surface area contributed by atoms with E-state index in [2.05, 4.69) is 9.97 Å². The van der Waals surface area contributed by atoms with Gasteiger partial charge in [-0.15, -0.1) is 11.3 Å². The molecule has 0 spiro atoms. The number of amides is 1. The Morgan fingerprint density at radius 2 is 2.07 bits per heavy atom.